The lowest BCUT2D eigenvalue weighted by Crippen LogP contribution is -2.39. The molecule has 2 rings (SSSR count). The molecule has 6 heteroatoms. The molecule has 1 unspecified atom stereocenters. The second-order valence-electron chi connectivity index (χ2n) is 5.32. The third-order valence-electron chi connectivity index (χ3n) is 3.79. The lowest BCUT2D eigenvalue weighted by molar-refractivity contribution is -0.00982. The van der Waals surface area contributed by atoms with Crippen LogP contribution in [0.15, 0.2) is 12.5 Å². The van der Waals surface area contributed by atoms with Crippen LogP contribution in [0, 0.1) is 5.92 Å². The molecule has 1 aromatic rings. The maximum Gasteiger partial charge on any atom is 0.338 e. The molecular formula is C14H24N4O2. The number of carbonyl (C=O) groups excluding carboxylic acids is 1. The van der Waals surface area contributed by atoms with Gasteiger partial charge in [-0.25, -0.2) is 15.3 Å². The minimum atomic E-state index is -0.274. The number of imidazole rings is 1. The number of rotatable bonds is 6. The molecule has 1 aliphatic carbocycles. The van der Waals surface area contributed by atoms with E-state index in [2.05, 4.69) is 20.8 Å². The molecule has 1 aromatic heterocycles. The van der Waals surface area contributed by atoms with E-state index in [0.717, 1.165) is 18.7 Å². The zero-order chi connectivity index (χ0) is 14.2. The van der Waals surface area contributed by atoms with Crippen molar-refractivity contribution in [3.05, 3.63) is 18.2 Å². The Labute approximate surface area is 119 Å². The van der Waals surface area contributed by atoms with Crippen molar-refractivity contribution in [3.8, 4) is 0 Å². The molecule has 0 bridgehead atoms. The van der Waals surface area contributed by atoms with Crippen molar-refractivity contribution in [2.24, 2.45) is 5.92 Å². The van der Waals surface area contributed by atoms with Gasteiger partial charge in [-0.3, -0.25) is 4.84 Å². The molecule has 112 valence electrons. The van der Waals surface area contributed by atoms with E-state index in [0.29, 0.717) is 5.92 Å². The van der Waals surface area contributed by atoms with Gasteiger partial charge in [-0.2, -0.15) is 0 Å². The minimum absolute atomic E-state index is 0.221. The van der Waals surface area contributed by atoms with Gasteiger partial charge in [0, 0.05) is 12.7 Å². The van der Waals surface area contributed by atoms with Gasteiger partial charge >= 0.3 is 6.03 Å². The van der Waals surface area contributed by atoms with Crippen LogP contribution in [0.5, 0.6) is 0 Å². The number of amides is 2. The normalized spacial score (nSPS) is 17.6. The highest BCUT2D eigenvalue weighted by Gasteiger charge is 2.16. The SMILES string of the molecule is CCC(ONC(=O)NCC1CCCCC1)c1c[nH]cn1. The Morgan fingerprint density at radius 2 is 2.30 bits per heavy atom. The van der Waals surface area contributed by atoms with Gasteiger partial charge in [-0.05, 0) is 25.2 Å². The Morgan fingerprint density at radius 1 is 1.50 bits per heavy atom. The Hall–Kier alpha value is -1.56. The first-order valence-electron chi connectivity index (χ1n) is 7.47. The van der Waals surface area contributed by atoms with Gasteiger partial charge < -0.3 is 10.3 Å². The van der Waals surface area contributed by atoms with E-state index >= 15 is 0 Å². The molecule has 1 saturated carbocycles. The van der Waals surface area contributed by atoms with Gasteiger partial charge in [0.2, 0.25) is 0 Å². The van der Waals surface area contributed by atoms with Crippen LogP contribution in [-0.4, -0.2) is 22.5 Å². The average Bonchev–Trinajstić information content (AvgIpc) is 3.01. The average molecular weight is 280 g/mol. The van der Waals surface area contributed by atoms with E-state index in [-0.39, 0.29) is 12.1 Å². The van der Waals surface area contributed by atoms with Crippen molar-refractivity contribution in [1.82, 2.24) is 20.8 Å². The molecule has 6 nitrogen and oxygen atoms in total. The van der Waals surface area contributed by atoms with E-state index in [1.54, 1.807) is 12.5 Å². The van der Waals surface area contributed by atoms with Crippen molar-refractivity contribution in [2.75, 3.05) is 6.54 Å². The molecule has 0 radical (unpaired) electrons. The fraction of sp³-hybridized carbons (Fsp3) is 0.714. The maximum atomic E-state index is 11.7. The summed E-state index contributed by atoms with van der Waals surface area (Å²) < 4.78 is 0. The number of hydrogen-bond donors (Lipinski definition) is 3. The molecular weight excluding hydrogens is 256 g/mol. The van der Waals surface area contributed by atoms with E-state index in [4.69, 9.17) is 4.84 Å². The zero-order valence-electron chi connectivity index (χ0n) is 12.0. The summed E-state index contributed by atoms with van der Waals surface area (Å²) in [6.07, 6.45) is 10.2. The highest BCUT2D eigenvalue weighted by atomic mass is 16.7. The second-order valence-corrected chi connectivity index (χ2v) is 5.32. The molecule has 0 saturated heterocycles. The van der Waals surface area contributed by atoms with Gasteiger partial charge in [0.05, 0.1) is 12.0 Å². The van der Waals surface area contributed by atoms with Crippen molar-refractivity contribution < 1.29 is 9.63 Å². The fourth-order valence-electron chi connectivity index (χ4n) is 2.59. The van der Waals surface area contributed by atoms with Gasteiger partial charge in [0.15, 0.2) is 0 Å². The Morgan fingerprint density at radius 3 is 2.95 bits per heavy atom. The van der Waals surface area contributed by atoms with E-state index in [1.807, 2.05) is 6.92 Å². The van der Waals surface area contributed by atoms with Crippen LogP contribution in [0.4, 0.5) is 4.79 Å². The van der Waals surface area contributed by atoms with Gasteiger partial charge in [0.1, 0.15) is 6.10 Å². The van der Waals surface area contributed by atoms with Crippen LogP contribution in [0.2, 0.25) is 0 Å². The molecule has 1 atom stereocenters. The summed E-state index contributed by atoms with van der Waals surface area (Å²) in [7, 11) is 0. The summed E-state index contributed by atoms with van der Waals surface area (Å²) in [5, 5.41) is 2.87. The van der Waals surface area contributed by atoms with Gasteiger partial charge in [-0.1, -0.05) is 26.2 Å². The number of hydrogen-bond acceptors (Lipinski definition) is 3. The number of hydroxylamine groups is 1. The smallest absolute Gasteiger partial charge is 0.338 e. The predicted octanol–water partition coefficient (Wildman–Crippen LogP) is 2.67. The molecule has 1 heterocycles. The standard InChI is InChI=1S/C14H24N4O2/c1-2-13(12-9-15-10-17-12)20-18-14(19)16-8-11-6-4-3-5-7-11/h9-11,13H,2-8H2,1H3,(H,15,17)(H2,16,18,19). The Kier molecular flexibility index (Phi) is 5.86. The van der Waals surface area contributed by atoms with E-state index in [1.165, 1.54) is 32.1 Å². The zero-order valence-corrected chi connectivity index (χ0v) is 12.0. The van der Waals surface area contributed by atoms with Crippen LogP contribution >= 0.6 is 0 Å². The molecule has 0 aliphatic heterocycles. The molecule has 1 aliphatic rings. The molecule has 1 fully saturated rings. The minimum Gasteiger partial charge on any atom is -0.351 e. The van der Waals surface area contributed by atoms with Crippen LogP contribution in [0.1, 0.15) is 57.2 Å². The van der Waals surface area contributed by atoms with Crippen molar-refractivity contribution in [2.45, 2.75) is 51.6 Å². The Balaban J connectivity index is 1.66. The first kappa shape index (κ1) is 14.8. The van der Waals surface area contributed by atoms with Crippen molar-refractivity contribution >= 4 is 6.03 Å². The molecule has 0 aromatic carbocycles. The molecule has 0 spiro atoms. The molecule has 2 amide bonds. The molecule has 3 N–H and O–H groups in total. The number of urea groups is 1. The van der Waals surface area contributed by atoms with Crippen LogP contribution in [0.3, 0.4) is 0 Å². The summed E-state index contributed by atoms with van der Waals surface area (Å²) in [4.78, 5) is 24.1. The summed E-state index contributed by atoms with van der Waals surface area (Å²) >= 11 is 0. The second kappa shape index (κ2) is 7.89. The summed E-state index contributed by atoms with van der Waals surface area (Å²) in [6.45, 7) is 2.72. The highest BCUT2D eigenvalue weighted by Crippen LogP contribution is 2.22. The van der Waals surface area contributed by atoms with Gasteiger partial charge in [-0.15, -0.1) is 0 Å². The number of H-pyrrole nitrogens is 1. The predicted molar refractivity (Wildman–Crippen MR) is 75.8 cm³/mol. The Bertz CT molecular complexity index is 388. The van der Waals surface area contributed by atoms with Crippen LogP contribution < -0.4 is 10.8 Å². The van der Waals surface area contributed by atoms with E-state index in [9.17, 15) is 4.79 Å². The van der Waals surface area contributed by atoms with E-state index < -0.39 is 0 Å². The topological polar surface area (TPSA) is 79.0 Å². The van der Waals surface area contributed by atoms with Crippen LogP contribution in [0.25, 0.3) is 0 Å². The van der Waals surface area contributed by atoms with Crippen LogP contribution in [-0.2, 0) is 4.84 Å². The highest BCUT2D eigenvalue weighted by molar-refractivity contribution is 5.72. The lowest BCUT2D eigenvalue weighted by Gasteiger charge is -2.22. The quantitative estimate of drug-likeness (QED) is 0.701. The third kappa shape index (κ3) is 4.52. The summed E-state index contributed by atoms with van der Waals surface area (Å²) in [5.41, 5.74) is 3.25. The van der Waals surface area contributed by atoms with Crippen molar-refractivity contribution in [1.29, 1.82) is 0 Å². The third-order valence-corrected chi connectivity index (χ3v) is 3.79. The monoisotopic (exact) mass is 280 g/mol. The fourth-order valence-corrected chi connectivity index (χ4v) is 2.59. The lowest BCUT2D eigenvalue weighted by atomic mass is 9.89. The number of nitrogens with one attached hydrogen (secondary N) is 3. The van der Waals surface area contributed by atoms with Crippen molar-refractivity contribution in [3.63, 3.8) is 0 Å². The maximum absolute atomic E-state index is 11.7. The number of aromatic amines is 1. The first-order chi connectivity index (χ1) is 9.79. The summed E-state index contributed by atoms with van der Waals surface area (Å²) in [6, 6.07) is -0.274. The largest absolute Gasteiger partial charge is 0.351 e. The number of nitrogens with zero attached hydrogens (tertiary/aromatic N) is 1. The number of carbonyl (C=O) groups is 1. The number of aromatic nitrogens is 2. The van der Waals surface area contributed by atoms with Gasteiger partial charge in [0.25, 0.3) is 0 Å². The first-order valence-corrected chi connectivity index (χ1v) is 7.47. The summed E-state index contributed by atoms with van der Waals surface area (Å²) in [5.74, 6) is 0.614. The molecule has 20 heavy (non-hydrogen) atoms.